The lowest BCUT2D eigenvalue weighted by molar-refractivity contribution is 0.0991. The molecular formula is C38H33N9O2S. The molecule has 0 radical (unpaired) electrons. The maximum atomic E-state index is 12.4. The molecule has 0 unspecified atom stereocenters. The molecule has 2 amide bonds. The van der Waals surface area contributed by atoms with Gasteiger partial charge in [0.1, 0.15) is 11.3 Å². The first kappa shape index (κ1) is 31.3. The SMILES string of the molecule is NC(=O)c1nc2c(C3CCN(Cc4ccc(-n5c(-c6cccnc6N)nc6ccc(-c7ccccc7)nc65)cc4)CC3)c(C(N)=O)ccc2s1. The number of nitrogens with two attached hydrogens (primary N) is 3. The van der Waals surface area contributed by atoms with Crippen LogP contribution in [0.15, 0.2) is 97.2 Å². The average Bonchev–Trinajstić information content (AvgIpc) is 3.75. The summed E-state index contributed by atoms with van der Waals surface area (Å²) in [5.41, 5.74) is 25.8. The predicted octanol–water partition coefficient (Wildman–Crippen LogP) is 5.92. The number of nitrogen functional groups attached to an aromatic ring is 1. The Morgan fingerprint density at radius 2 is 1.60 bits per heavy atom. The molecule has 0 aliphatic carbocycles. The lowest BCUT2D eigenvalue weighted by Gasteiger charge is -2.33. The summed E-state index contributed by atoms with van der Waals surface area (Å²) < 4.78 is 2.87. The number of carbonyl (C=O) groups is 2. The van der Waals surface area contributed by atoms with E-state index in [1.807, 2.05) is 59.2 Å². The van der Waals surface area contributed by atoms with Crippen LogP contribution < -0.4 is 17.2 Å². The van der Waals surface area contributed by atoms with E-state index in [2.05, 4.69) is 39.1 Å². The summed E-state index contributed by atoms with van der Waals surface area (Å²) in [6.45, 7) is 2.43. The van der Waals surface area contributed by atoms with Gasteiger partial charge in [-0.25, -0.2) is 19.9 Å². The van der Waals surface area contributed by atoms with Crippen LogP contribution in [-0.4, -0.2) is 54.3 Å². The molecule has 0 saturated carbocycles. The molecule has 12 heteroatoms. The van der Waals surface area contributed by atoms with E-state index >= 15 is 0 Å². The van der Waals surface area contributed by atoms with Crippen LogP contribution in [0.1, 0.15) is 50.0 Å². The van der Waals surface area contributed by atoms with E-state index in [-0.39, 0.29) is 10.9 Å². The van der Waals surface area contributed by atoms with Gasteiger partial charge in [0.05, 0.1) is 21.5 Å². The molecule has 8 rings (SSSR count). The Hall–Kier alpha value is -5.98. The third kappa shape index (κ3) is 5.74. The number of likely N-dealkylation sites (tertiary alicyclic amines) is 1. The monoisotopic (exact) mass is 679 g/mol. The Kier molecular flexibility index (Phi) is 8.02. The molecule has 248 valence electrons. The van der Waals surface area contributed by atoms with E-state index in [1.54, 1.807) is 18.3 Å². The number of rotatable bonds is 8. The maximum absolute atomic E-state index is 12.4. The standard InChI is InChI=1S/C38H33N9O2S/c39-33-27(7-4-18-42-33)36-44-29-14-13-28(23-5-2-1-3-6-23)43-37(29)47(36)25-10-8-22(9-11-25)21-46-19-16-24(17-20-46)31-26(34(40)48)12-15-30-32(31)45-38(50-30)35(41)49/h1-15,18,24H,16-17,19-21H2,(H2,39,42)(H2,40,48)(H2,41,49). The number of benzene rings is 3. The smallest absolute Gasteiger partial charge is 0.277 e. The second kappa shape index (κ2) is 12.8. The number of hydrogen-bond acceptors (Lipinski definition) is 9. The minimum Gasteiger partial charge on any atom is -0.383 e. The van der Waals surface area contributed by atoms with E-state index < -0.39 is 11.8 Å². The Morgan fingerprint density at radius 3 is 2.32 bits per heavy atom. The minimum absolute atomic E-state index is 0.0868. The summed E-state index contributed by atoms with van der Waals surface area (Å²) in [7, 11) is 0. The van der Waals surface area contributed by atoms with Gasteiger partial charge in [-0.1, -0.05) is 42.5 Å². The zero-order valence-electron chi connectivity index (χ0n) is 27.0. The van der Waals surface area contributed by atoms with Crippen LogP contribution in [0.25, 0.3) is 49.7 Å². The third-order valence-corrected chi connectivity index (χ3v) is 10.4. The lowest BCUT2D eigenvalue weighted by Crippen LogP contribution is -2.33. The molecule has 1 aliphatic rings. The Morgan fingerprint density at radius 1 is 0.820 bits per heavy atom. The Labute approximate surface area is 291 Å². The largest absolute Gasteiger partial charge is 0.383 e. The molecule has 4 aromatic heterocycles. The number of primary amides is 2. The van der Waals surface area contributed by atoms with Gasteiger partial charge in [0.25, 0.3) is 5.91 Å². The number of carbonyl (C=O) groups excluding carboxylic acids is 2. The van der Waals surface area contributed by atoms with Crippen molar-refractivity contribution in [3.05, 3.63) is 119 Å². The number of pyridine rings is 2. The fourth-order valence-electron chi connectivity index (χ4n) is 6.89. The van der Waals surface area contributed by atoms with Gasteiger partial charge in [0.2, 0.25) is 5.91 Å². The normalized spacial score (nSPS) is 14.0. The van der Waals surface area contributed by atoms with Crippen LogP contribution >= 0.6 is 11.3 Å². The van der Waals surface area contributed by atoms with E-state index in [0.29, 0.717) is 22.7 Å². The molecule has 1 saturated heterocycles. The van der Waals surface area contributed by atoms with Crippen LogP contribution in [0.5, 0.6) is 0 Å². The molecule has 0 spiro atoms. The quantitative estimate of drug-likeness (QED) is 0.178. The van der Waals surface area contributed by atoms with Crippen LogP contribution in [0.3, 0.4) is 0 Å². The maximum Gasteiger partial charge on any atom is 0.277 e. The van der Waals surface area contributed by atoms with Crippen molar-refractivity contribution >= 4 is 50.3 Å². The van der Waals surface area contributed by atoms with E-state index in [9.17, 15) is 9.59 Å². The van der Waals surface area contributed by atoms with Gasteiger partial charge >= 0.3 is 0 Å². The van der Waals surface area contributed by atoms with Crippen LogP contribution in [-0.2, 0) is 6.54 Å². The van der Waals surface area contributed by atoms with Gasteiger partial charge in [-0.3, -0.25) is 19.1 Å². The number of thiazole rings is 1. The van der Waals surface area contributed by atoms with Crippen molar-refractivity contribution in [2.24, 2.45) is 11.5 Å². The molecule has 3 aromatic carbocycles. The first-order valence-electron chi connectivity index (χ1n) is 16.3. The molecule has 50 heavy (non-hydrogen) atoms. The highest BCUT2D eigenvalue weighted by Gasteiger charge is 2.28. The first-order valence-corrected chi connectivity index (χ1v) is 17.2. The summed E-state index contributed by atoms with van der Waals surface area (Å²) in [4.78, 5) is 45.6. The van der Waals surface area contributed by atoms with Gasteiger partial charge < -0.3 is 17.2 Å². The van der Waals surface area contributed by atoms with Crippen molar-refractivity contribution in [1.29, 1.82) is 0 Å². The summed E-state index contributed by atoms with van der Waals surface area (Å²) in [6.07, 6.45) is 3.32. The van der Waals surface area contributed by atoms with Crippen molar-refractivity contribution in [3.8, 4) is 28.3 Å². The molecule has 11 nitrogen and oxygen atoms in total. The van der Waals surface area contributed by atoms with Gasteiger partial charge in [0.15, 0.2) is 16.5 Å². The van der Waals surface area contributed by atoms with E-state index in [4.69, 9.17) is 27.2 Å². The van der Waals surface area contributed by atoms with Crippen LogP contribution in [0, 0.1) is 0 Å². The summed E-state index contributed by atoms with van der Waals surface area (Å²) in [5, 5.41) is 0.232. The highest BCUT2D eigenvalue weighted by Crippen LogP contribution is 2.38. The van der Waals surface area contributed by atoms with Crippen molar-refractivity contribution < 1.29 is 9.59 Å². The molecular weight excluding hydrogens is 647 g/mol. The Balaban J connectivity index is 1.06. The number of fused-ring (bicyclic) bond motifs is 2. The zero-order valence-corrected chi connectivity index (χ0v) is 27.8. The summed E-state index contributed by atoms with van der Waals surface area (Å²) in [5.74, 6) is 0.0833. The number of hydrogen-bond donors (Lipinski definition) is 3. The molecule has 0 atom stereocenters. The number of amides is 2. The third-order valence-electron chi connectivity index (χ3n) is 9.33. The number of imidazole rings is 1. The van der Waals surface area contributed by atoms with Crippen molar-refractivity contribution in [2.45, 2.75) is 25.3 Å². The predicted molar refractivity (Wildman–Crippen MR) is 196 cm³/mol. The highest BCUT2D eigenvalue weighted by molar-refractivity contribution is 7.20. The molecule has 1 fully saturated rings. The first-order chi connectivity index (χ1) is 24.3. The summed E-state index contributed by atoms with van der Waals surface area (Å²) in [6, 6.07) is 29.8. The van der Waals surface area contributed by atoms with Gasteiger partial charge in [-0.2, -0.15) is 0 Å². The fraction of sp³-hybridized carbons (Fsp3) is 0.158. The molecule has 7 aromatic rings. The number of piperidine rings is 1. The molecule has 5 heterocycles. The van der Waals surface area contributed by atoms with E-state index in [1.165, 1.54) is 16.9 Å². The van der Waals surface area contributed by atoms with Gasteiger partial charge in [-0.15, -0.1) is 11.3 Å². The fourth-order valence-corrected chi connectivity index (χ4v) is 7.73. The zero-order chi connectivity index (χ0) is 34.4. The van der Waals surface area contributed by atoms with Crippen LogP contribution in [0.2, 0.25) is 0 Å². The second-order valence-electron chi connectivity index (χ2n) is 12.5. The second-order valence-corrected chi connectivity index (χ2v) is 13.5. The van der Waals surface area contributed by atoms with Gasteiger partial charge in [-0.05, 0) is 91.5 Å². The summed E-state index contributed by atoms with van der Waals surface area (Å²) >= 11 is 1.24. The molecule has 6 N–H and O–H groups in total. The number of anilines is 1. The molecule has 0 bridgehead atoms. The Bertz CT molecular complexity index is 2400. The lowest BCUT2D eigenvalue weighted by atomic mass is 9.85. The number of nitrogens with zero attached hydrogens (tertiary/aromatic N) is 6. The van der Waals surface area contributed by atoms with Crippen molar-refractivity contribution in [2.75, 3.05) is 18.8 Å². The number of aromatic nitrogens is 5. The van der Waals surface area contributed by atoms with Crippen LogP contribution in [0.4, 0.5) is 5.82 Å². The van der Waals surface area contributed by atoms with E-state index in [0.717, 1.165) is 76.4 Å². The highest BCUT2D eigenvalue weighted by atomic mass is 32.1. The van der Waals surface area contributed by atoms with Gasteiger partial charge in [0, 0.05) is 29.6 Å². The van der Waals surface area contributed by atoms with Crippen molar-refractivity contribution in [1.82, 2.24) is 29.4 Å². The minimum atomic E-state index is -0.578. The average molecular weight is 680 g/mol. The molecule has 1 aliphatic heterocycles. The van der Waals surface area contributed by atoms with Crippen molar-refractivity contribution in [3.63, 3.8) is 0 Å². The topological polar surface area (TPSA) is 172 Å².